The molecule has 0 N–H and O–H groups in total. The van der Waals surface area contributed by atoms with Crippen LogP contribution in [-0.4, -0.2) is 30.6 Å². The molecule has 3 aromatic rings. The number of fused-ring (bicyclic) bond motifs is 1. The average Bonchev–Trinajstić information content (AvgIpc) is 2.99. The number of hydrogen-bond acceptors (Lipinski definition) is 4. The lowest BCUT2D eigenvalue weighted by Gasteiger charge is -2.20. The zero-order valence-electron chi connectivity index (χ0n) is 14.8. The normalized spacial score (nSPS) is 14.3. The molecule has 1 atom stereocenters. The van der Waals surface area contributed by atoms with Crippen LogP contribution < -0.4 is 0 Å². The predicted molar refractivity (Wildman–Crippen MR) is 90.8 cm³/mol. The van der Waals surface area contributed by atoms with Gasteiger partial charge in [-0.3, -0.25) is 4.18 Å². The lowest BCUT2D eigenvalue weighted by molar-refractivity contribution is -0.197. The minimum absolute atomic E-state index is 0.0739. The van der Waals surface area contributed by atoms with Crippen molar-refractivity contribution in [3.63, 3.8) is 0 Å². The number of nitrogens with zero attached hydrogens (tertiary/aromatic N) is 2. The second-order valence-corrected chi connectivity index (χ2v) is 7.86. The number of alkyl halides is 6. The number of halogens is 7. The Bertz CT molecular complexity index is 1200. The monoisotopic (exact) mass is 456 g/mol. The van der Waals surface area contributed by atoms with Crippen LogP contribution in [0.3, 0.4) is 0 Å². The quantitative estimate of drug-likeness (QED) is 0.420. The van der Waals surface area contributed by atoms with E-state index in [1.54, 1.807) is 0 Å². The summed E-state index contributed by atoms with van der Waals surface area (Å²) in [5.41, 5.74) is -2.34. The zero-order valence-corrected chi connectivity index (χ0v) is 15.6. The number of hydrogen-bond donors (Lipinski definition) is 0. The van der Waals surface area contributed by atoms with Crippen LogP contribution in [0.5, 0.6) is 0 Å². The van der Waals surface area contributed by atoms with Crippen molar-refractivity contribution in [3.8, 4) is 5.69 Å². The van der Waals surface area contributed by atoms with Gasteiger partial charge in [0.1, 0.15) is 5.82 Å². The summed E-state index contributed by atoms with van der Waals surface area (Å²) in [5.74, 6) is -1.47. The summed E-state index contributed by atoms with van der Waals surface area (Å²) in [4.78, 5) is 0. The second kappa shape index (κ2) is 7.23. The van der Waals surface area contributed by atoms with Crippen LogP contribution in [0.25, 0.3) is 16.6 Å². The van der Waals surface area contributed by atoms with Crippen LogP contribution in [-0.2, 0) is 20.5 Å². The van der Waals surface area contributed by atoms with Crippen LogP contribution >= 0.6 is 0 Å². The molecular weight excluding hydrogens is 445 g/mol. The van der Waals surface area contributed by atoms with Gasteiger partial charge in [-0.2, -0.15) is 39.9 Å². The average molecular weight is 456 g/mol. The van der Waals surface area contributed by atoms with Gasteiger partial charge in [0, 0.05) is 17.0 Å². The summed E-state index contributed by atoms with van der Waals surface area (Å²) < 4.78 is 120. The van der Waals surface area contributed by atoms with Crippen LogP contribution in [0.2, 0.25) is 0 Å². The minimum atomic E-state index is -5.26. The molecule has 3 rings (SSSR count). The molecule has 162 valence electrons. The summed E-state index contributed by atoms with van der Waals surface area (Å²) in [7, 11) is -4.60. The SMILES string of the molecule is CS(=O)(=O)OC(c1cc2cnn(-c3cccc(C(F)(F)F)c3)c2cc1F)C(F)(F)F. The molecule has 30 heavy (non-hydrogen) atoms. The molecule has 0 saturated carbocycles. The summed E-state index contributed by atoms with van der Waals surface area (Å²) in [6, 6.07) is 5.19. The van der Waals surface area contributed by atoms with E-state index < -0.39 is 45.5 Å². The first-order chi connectivity index (χ1) is 13.7. The molecule has 0 bridgehead atoms. The Balaban J connectivity index is 2.14. The first-order valence-electron chi connectivity index (χ1n) is 7.96. The van der Waals surface area contributed by atoms with Gasteiger partial charge < -0.3 is 0 Å². The highest BCUT2D eigenvalue weighted by atomic mass is 32.2. The molecule has 0 radical (unpaired) electrons. The highest BCUT2D eigenvalue weighted by Gasteiger charge is 2.46. The first-order valence-corrected chi connectivity index (χ1v) is 9.78. The maximum absolute atomic E-state index is 14.5. The molecule has 1 unspecified atom stereocenters. The summed E-state index contributed by atoms with van der Waals surface area (Å²) >= 11 is 0. The Morgan fingerprint density at radius 1 is 1.07 bits per heavy atom. The van der Waals surface area contributed by atoms with Gasteiger partial charge in [0.15, 0.2) is 0 Å². The third-order valence-electron chi connectivity index (χ3n) is 3.96. The highest BCUT2D eigenvalue weighted by Crippen LogP contribution is 2.39. The van der Waals surface area contributed by atoms with Crippen molar-refractivity contribution in [1.29, 1.82) is 0 Å². The molecule has 0 aliphatic rings. The van der Waals surface area contributed by atoms with Gasteiger partial charge in [0.2, 0.25) is 6.10 Å². The van der Waals surface area contributed by atoms with E-state index in [-0.39, 0.29) is 16.6 Å². The van der Waals surface area contributed by atoms with Crippen molar-refractivity contribution in [2.45, 2.75) is 18.5 Å². The second-order valence-electron chi connectivity index (χ2n) is 6.26. The van der Waals surface area contributed by atoms with E-state index in [1.165, 1.54) is 6.07 Å². The Hall–Kier alpha value is -2.67. The lowest BCUT2D eigenvalue weighted by atomic mass is 10.1. The van der Waals surface area contributed by atoms with Crippen LogP contribution in [0.4, 0.5) is 30.7 Å². The molecule has 1 heterocycles. The Kier molecular flexibility index (Phi) is 5.31. The molecule has 0 aliphatic carbocycles. The molecule has 13 heteroatoms. The molecule has 0 aliphatic heterocycles. The van der Waals surface area contributed by atoms with Gasteiger partial charge in [-0.05, 0) is 24.3 Å². The third kappa shape index (κ3) is 4.56. The Morgan fingerprint density at radius 3 is 2.30 bits per heavy atom. The maximum Gasteiger partial charge on any atom is 0.420 e. The van der Waals surface area contributed by atoms with Gasteiger partial charge >= 0.3 is 12.4 Å². The molecule has 0 spiro atoms. The molecule has 0 fully saturated rings. The number of rotatable bonds is 4. The highest BCUT2D eigenvalue weighted by molar-refractivity contribution is 7.86. The fraction of sp³-hybridized carbons (Fsp3) is 0.235. The maximum atomic E-state index is 14.5. The van der Waals surface area contributed by atoms with Crippen molar-refractivity contribution in [2.24, 2.45) is 0 Å². The van der Waals surface area contributed by atoms with Crippen LogP contribution in [0, 0.1) is 5.82 Å². The Labute approximate surface area is 164 Å². The number of aromatic nitrogens is 2. The standard InChI is InChI=1S/C17H11F7N2O3S/c1-30(27,28)29-15(17(22,23)24)12-5-9-8-25-26(14(9)7-13(12)18)11-4-2-3-10(6-11)16(19,20)21/h2-8,15H,1H3. The largest absolute Gasteiger partial charge is 0.420 e. The van der Waals surface area contributed by atoms with Gasteiger partial charge in [-0.25, -0.2) is 9.07 Å². The lowest BCUT2D eigenvalue weighted by Crippen LogP contribution is -2.26. The fourth-order valence-electron chi connectivity index (χ4n) is 2.74. The molecule has 0 amide bonds. The zero-order chi connectivity index (χ0) is 22.5. The molecule has 1 aromatic heterocycles. The summed E-state index contributed by atoms with van der Waals surface area (Å²) in [6.45, 7) is 0. The van der Waals surface area contributed by atoms with Crippen molar-refractivity contribution < 1.29 is 43.3 Å². The van der Waals surface area contributed by atoms with Gasteiger partial charge in [-0.15, -0.1) is 0 Å². The molecule has 2 aromatic carbocycles. The van der Waals surface area contributed by atoms with Gasteiger partial charge in [0.25, 0.3) is 10.1 Å². The van der Waals surface area contributed by atoms with Crippen molar-refractivity contribution in [2.75, 3.05) is 6.26 Å². The fourth-order valence-corrected chi connectivity index (χ4v) is 3.31. The first kappa shape index (κ1) is 22.0. The van der Waals surface area contributed by atoms with Crippen LogP contribution in [0.15, 0.2) is 42.6 Å². The van der Waals surface area contributed by atoms with Gasteiger partial charge in [-0.1, -0.05) is 6.07 Å². The van der Waals surface area contributed by atoms with E-state index in [4.69, 9.17) is 0 Å². The van der Waals surface area contributed by atoms with Crippen LogP contribution in [0.1, 0.15) is 17.2 Å². The van der Waals surface area contributed by atoms with E-state index >= 15 is 0 Å². The van der Waals surface area contributed by atoms with E-state index in [0.29, 0.717) is 18.4 Å². The molecule has 0 saturated heterocycles. The predicted octanol–water partition coefficient (Wildman–Crippen LogP) is 4.76. The van der Waals surface area contributed by atoms with Gasteiger partial charge in [0.05, 0.1) is 29.2 Å². The van der Waals surface area contributed by atoms with Crippen molar-refractivity contribution >= 4 is 21.0 Å². The third-order valence-corrected chi connectivity index (χ3v) is 4.50. The van der Waals surface area contributed by atoms with Crippen molar-refractivity contribution in [1.82, 2.24) is 9.78 Å². The summed E-state index contributed by atoms with van der Waals surface area (Å²) in [5, 5.41) is 3.74. The van der Waals surface area contributed by atoms with E-state index in [0.717, 1.165) is 29.1 Å². The topological polar surface area (TPSA) is 61.2 Å². The molecular formula is C17H11F7N2O3S. The van der Waals surface area contributed by atoms with Crippen molar-refractivity contribution in [3.05, 3.63) is 59.5 Å². The smallest absolute Gasteiger partial charge is 0.252 e. The number of benzene rings is 2. The molecule has 5 nitrogen and oxygen atoms in total. The van der Waals surface area contributed by atoms with E-state index in [9.17, 15) is 39.2 Å². The minimum Gasteiger partial charge on any atom is -0.252 e. The van der Waals surface area contributed by atoms with E-state index in [1.807, 2.05) is 0 Å². The van der Waals surface area contributed by atoms with E-state index in [2.05, 4.69) is 9.28 Å². The summed E-state index contributed by atoms with van der Waals surface area (Å²) in [6.07, 6.45) is -11.6. The Morgan fingerprint density at radius 2 is 1.73 bits per heavy atom.